The predicted molar refractivity (Wildman–Crippen MR) is 95.9 cm³/mol. The number of aryl methyl sites for hydroxylation is 1. The Morgan fingerprint density at radius 1 is 1.00 bits per heavy atom. The molecule has 0 aromatic heterocycles. The highest BCUT2D eigenvalue weighted by atomic mass is 14.3. The van der Waals surface area contributed by atoms with Crippen molar-refractivity contribution in [1.29, 1.82) is 0 Å². The summed E-state index contributed by atoms with van der Waals surface area (Å²) in [6, 6.07) is 9.09. The van der Waals surface area contributed by atoms with Gasteiger partial charge in [0.1, 0.15) is 0 Å². The zero-order valence-electron chi connectivity index (χ0n) is 15.0. The summed E-state index contributed by atoms with van der Waals surface area (Å²) in [4.78, 5) is 0. The summed E-state index contributed by atoms with van der Waals surface area (Å²) in [6.45, 7) is 11.3. The first-order chi connectivity index (χ1) is 10.1. The van der Waals surface area contributed by atoms with Gasteiger partial charge in [0.2, 0.25) is 0 Å². The van der Waals surface area contributed by atoms with Gasteiger partial charge in [-0.1, -0.05) is 96.0 Å². The third kappa shape index (κ3) is 6.68. The highest BCUT2D eigenvalue weighted by Crippen LogP contribution is 2.34. The zero-order valence-corrected chi connectivity index (χ0v) is 15.0. The molecule has 1 aliphatic rings. The first kappa shape index (κ1) is 18.3. The Balaban J connectivity index is 0.000000491. The highest BCUT2D eigenvalue weighted by Gasteiger charge is 2.20. The molecule has 0 aliphatic heterocycles. The van der Waals surface area contributed by atoms with Crippen molar-refractivity contribution in [2.24, 2.45) is 11.8 Å². The van der Waals surface area contributed by atoms with Crippen molar-refractivity contribution in [3.63, 3.8) is 0 Å². The molecule has 21 heavy (non-hydrogen) atoms. The van der Waals surface area contributed by atoms with E-state index in [9.17, 15) is 0 Å². The van der Waals surface area contributed by atoms with E-state index >= 15 is 0 Å². The Labute approximate surface area is 133 Å². The van der Waals surface area contributed by atoms with Gasteiger partial charge >= 0.3 is 0 Å². The van der Waals surface area contributed by atoms with Crippen molar-refractivity contribution in [2.45, 2.75) is 85.5 Å². The van der Waals surface area contributed by atoms with Gasteiger partial charge in [0.25, 0.3) is 0 Å². The van der Waals surface area contributed by atoms with Crippen molar-refractivity contribution in [2.75, 3.05) is 0 Å². The lowest BCUT2D eigenvalue weighted by molar-refractivity contribution is 0.266. The monoisotopic (exact) mass is 288 g/mol. The SMILES string of the molecule is CCCC.Cc1ccc(C(C)C(C)CCC2CCC2)cc1. The van der Waals surface area contributed by atoms with Crippen molar-refractivity contribution in [3.05, 3.63) is 35.4 Å². The quantitative estimate of drug-likeness (QED) is 0.522. The molecule has 0 radical (unpaired) electrons. The van der Waals surface area contributed by atoms with Gasteiger partial charge in [-0.2, -0.15) is 0 Å². The molecule has 0 heteroatoms. The van der Waals surface area contributed by atoms with Crippen LogP contribution in [0.4, 0.5) is 0 Å². The van der Waals surface area contributed by atoms with Crippen molar-refractivity contribution < 1.29 is 0 Å². The fourth-order valence-corrected chi connectivity index (χ4v) is 2.73. The second kappa shape index (κ2) is 10.0. The molecule has 1 aromatic carbocycles. The van der Waals surface area contributed by atoms with Gasteiger partial charge in [0, 0.05) is 0 Å². The molecule has 1 saturated carbocycles. The highest BCUT2D eigenvalue weighted by molar-refractivity contribution is 5.24. The minimum Gasteiger partial charge on any atom is -0.0654 e. The molecule has 1 aromatic rings. The number of hydrogen-bond acceptors (Lipinski definition) is 0. The van der Waals surface area contributed by atoms with Crippen LogP contribution in [0.5, 0.6) is 0 Å². The maximum absolute atomic E-state index is 2.42. The minimum atomic E-state index is 0.704. The molecule has 0 bridgehead atoms. The second-order valence-electron chi connectivity index (χ2n) is 7.05. The number of rotatable bonds is 6. The topological polar surface area (TPSA) is 0 Å². The van der Waals surface area contributed by atoms with E-state index in [-0.39, 0.29) is 0 Å². The fraction of sp³-hybridized carbons (Fsp3) is 0.714. The van der Waals surface area contributed by atoms with Crippen LogP contribution < -0.4 is 0 Å². The van der Waals surface area contributed by atoms with Crippen molar-refractivity contribution >= 4 is 0 Å². The Bertz CT molecular complexity index is 356. The van der Waals surface area contributed by atoms with E-state index in [0.717, 1.165) is 11.8 Å². The van der Waals surface area contributed by atoms with Crippen LogP contribution in [0.2, 0.25) is 0 Å². The molecular formula is C21H36. The molecule has 0 saturated heterocycles. The Morgan fingerprint density at radius 3 is 2.00 bits per heavy atom. The number of hydrogen-bond donors (Lipinski definition) is 0. The first-order valence-electron chi connectivity index (χ1n) is 9.15. The van der Waals surface area contributed by atoms with Crippen LogP contribution in [0.15, 0.2) is 24.3 Å². The third-order valence-electron chi connectivity index (χ3n) is 5.21. The van der Waals surface area contributed by atoms with Gasteiger partial charge in [-0.15, -0.1) is 0 Å². The van der Waals surface area contributed by atoms with Gasteiger partial charge in [-0.05, 0) is 36.7 Å². The molecule has 0 N–H and O–H groups in total. The minimum absolute atomic E-state index is 0.704. The average molecular weight is 289 g/mol. The van der Waals surface area contributed by atoms with Gasteiger partial charge in [0.15, 0.2) is 0 Å². The third-order valence-corrected chi connectivity index (χ3v) is 5.21. The summed E-state index contributed by atoms with van der Waals surface area (Å²) >= 11 is 0. The Kier molecular flexibility index (Phi) is 8.73. The Morgan fingerprint density at radius 2 is 1.57 bits per heavy atom. The normalized spacial score (nSPS) is 17.4. The molecule has 0 spiro atoms. The molecule has 1 aliphatic carbocycles. The fourth-order valence-electron chi connectivity index (χ4n) is 2.73. The van der Waals surface area contributed by atoms with Crippen LogP contribution in [0.3, 0.4) is 0 Å². The molecule has 1 fully saturated rings. The van der Waals surface area contributed by atoms with Crippen molar-refractivity contribution in [3.8, 4) is 0 Å². The van der Waals surface area contributed by atoms with E-state index in [4.69, 9.17) is 0 Å². The lowest BCUT2D eigenvalue weighted by Gasteiger charge is -2.28. The van der Waals surface area contributed by atoms with Gasteiger partial charge in [0.05, 0.1) is 0 Å². The van der Waals surface area contributed by atoms with E-state index < -0.39 is 0 Å². The first-order valence-corrected chi connectivity index (χ1v) is 9.15. The van der Waals surface area contributed by atoms with Crippen molar-refractivity contribution in [1.82, 2.24) is 0 Å². The van der Waals surface area contributed by atoms with Crippen LogP contribution in [-0.4, -0.2) is 0 Å². The molecule has 0 nitrogen and oxygen atoms in total. The molecular weight excluding hydrogens is 252 g/mol. The molecule has 2 unspecified atom stereocenters. The molecule has 2 rings (SSSR count). The summed E-state index contributed by atoms with van der Waals surface area (Å²) in [5, 5.41) is 0. The summed E-state index contributed by atoms with van der Waals surface area (Å²) in [6.07, 6.45) is 9.96. The van der Waals surface area contributed by atoms with Crippen LogP contribution in [0.1, 0.15) is 89.7 Å². The second-order valence-corrected chi connectivity index (χ2v) is 7.05. The van der Waals surface area contributed by atoms with E-state index in [1.807, 2.05) is 0 Å². The summed E-state index contributed by atoms with van der Waals surface area (Å²) < 4.78 is 0. The summed E-state index contributed by atoms with van der Waals surface area (Å²) in [5.41, 5.74) is 2.87. The van der Waals surface area contributed by atoms with Gasteiger partial charge in [-0.3, -0.25) is 0 Å². The standard InChI is InChI=1S/C17H26.C4H10/c1-13-7-11-17(12-8-13)15(3)14(2)9-10-16-5-4-6-16;1-3-4-2/h7-8,11-12,14-16H,4-6,9-10H2,1-3H3;3-4H2,1-2H3. The summed E-state index contributed by atoms with van der Waals surface area (Å²) in [5.74, 6) is 2.58. The molecule has 120 valence electrons. The van der Waals surface area contributed by atoms with Gasteiger partial charge < -0.3 is 0 Å². The summed E-state index contributed by atoms with van der Waals surface area (Å²) in [7, 11) is 0. The van der Waals surface area contributed by atoms with E-state index in [2.05, 4.69) is 58.9 Å². The van der Waals surface area contributed by atoms with E-state index in [1.54, 1.807) is 0 Å². The maximum Gasteiger partial charge on any atom is -0.0165 e. The number of benzene rings is 1. The predicted octanol–water partition coefficient (Wildman–Crippen LogP) is 7.12. The molecule has 0 amide bonds. The lowest BCUT2D eigenvalue weighted by atomic mass is 9.78. The smallest absolute Gasteiger partial charge is 0.0165 e. The largest absolute Gasteiger partial charge is 0.0654 e. The molecule has 2 atom stereocenters. The zero-order chi connectivity index (χ0) is 15.7. The van der Waals surface area contributed by atoms with E-state index in [1.165, 1.54) is 56.1 Å². The average Bonchev–Trinajstić information content (AvgIpc) is 2.46. The van der Waals surface area contributed by atoms with Crippen LogP contribution >= 0.6 is 0 Å². The van der Waals surface area contributed by atoms with Crippen LogP contribution in [0.25, 0.3) is 0 Å². The Hall–Kier alpha value is -0.780. The molecule has 0 heterocycles. The van der Waals surface area contributed by atoms with Crippen LogP contribution in [-0.2, 0) is 0 Å². The lowest BCUT2D eigenvalue weighted by Crippen LogP contribution is -2.14. The van der Waals surface area contributed by atoms with Crippen LogP contribution in [0, 0.1) is 18.8 Å². The van der Waals surface area contributed by atoms with E-state index in [0.29, 0.717) is 5.92 Å². The number of unbranched alkanes of at least 4 members (excludes halogenated alkanes) is 1. The van der Waals surface area contributed by atoms with Gasteiger partial charge in [-0.25, -0.2) is 0 Å². The maximum atomic E-state index is 2.42.